The van der Waals surface area contributed by atoms with Crippen LogP contribution in [0.2, 0.25) is 0 Å². The second-order valence-corrected chi connectivity index (χ2v) is 4.83. The SMILES string of the molecule is CN(C(=O)Nc1ccccc1)[C@H]1CCCC[C@H]1O. The molecule has 0 radical (unpaired) electrons. The zero-order chi connectivity index (χ0) is 13.0. The lowest BCUT2D eigenvalue weighted by Gasteiger charge is -2.35. The van der Waals surface area contributed by atoms with E-state index >= 15 is 0 Å². The molecule has 0 spiro atoms. The molecule has 4 heteroatoms. The molecule has 2 atom stereocenters. The monoisotopic (exact) mass is 248 g/mol. The summed E-state index contributed by atoms with van der Waals surface area (Å²) >= 11 is 0. The van der Waals surface area contributed by atoms with Gasteiger partial charge in [-0.1, -0.05) is 31.0 Å². The zero-order valence-electron chi connectivity index (χ0n) is 10.7. The van der Waals surface area contributed by atoms with Gasteiger partial charge in [-0.05, 0) is 25.0 Å². The summed E-state index contributed by atoms with van der Waals surface area (Å²) in [6.07, 6.45) is 3.38. The molecule has 0 heterocycles. The standard InChI is InChI=1S/C14H20N2O2/c1-16(12-9-5-6-10-13(12)17)14(18)15-11-7-3-2-4-8-11/h2-4,7-8,12-13,17H,5-6,9-10H2,1H3,(H,15,18)/t12-,13+/m0/s1. The van der Waals surface area contributed by atoms with Crippen LogP contribution in [0, 0.1) is 0 Å². The van der Waals surface area contributed by atoms with Crippen molar-refractivity contribution in [2.24, 2.45) is 0 Å². The smallest absolute Gasteiger partial charge is 0.321 e. The Bertz CT molecular complexity index is 394. The average molecular weight is 248 g/mol. The van der Waals surface area contributed by atoms with Gasteiger partial charge in [-0.2, -0.15) is 0 Å². The molecule has 1 aromatic rings. The summed E-state index contributed by atoms with van der Waals surface area (Å²) in [4.78, 5) is 13.7. The first-order valence-corrected chi connectivity index (χ1v) is 6.45. The molecule has 0 saturated heterocycles. The van der Waals surface area contributed by atoms with Crippen molar-refractivity contribution in [1.82, 2.24) is 4.90 Å². The van der Waals surface area contributed by atoms with Gasteiger partial charge >= 0.3 is 6.03 Å². The molecule has 1 aliphatic carbocycles. The third-order valence-electron chi connectivity index (χ3n) is 3.54. The molecular weight excluding hydrogens is 228 g/mol. The number of anilines is 1. The van der Waals surface area contributed by atoms with Crippen molar-refractivity contribution in [3.05, 3.63) is 30.3 Å². The lowest BCUT2D eigenvalue weighted by Crippen LogP contribution is -2.47. The number of nitrogens with zero attached hydrogens (tertiary/aromatic N) is 1. The van der Waals surface area contributed by atoms with E-state index in [-0.39, 0.29) is 12.1 Å². The summed E-state index contributed by atoms with van der Waals surface area (Å²) in [5.74, 6) is 0. The van der Waals surface area contributed by atoms with E-state index in [4.69, 9.17) is 0 Å². The van der Waals surface area contributed by atoms with Gasteiger partial charge in [0, 0.05) is 12.7 Å². The fourth-order valence-corrected chi connectivity index (χ4v) is 2.43. The molecule has 0 unspecified atom stereocenters. The molecule has 1 saturated carbocycles. The van der Waals surface area contributed by atoms with Crippen molar-refractivity contribution in [2.75, 3.05) is 12.4 Å². The van der Waals surface area contributed by atoms with E-state index in [2.05, 4.69) is 5.32 Å². The van der Waals surface area contributed by atoms with Gasteiger partial charge in [0.05, 0.1) is 12.1 Å². The molecule has 18 heavy (non-hydrogen) atoms. The maximum absolute atomic E-state index is 12.1. The Morgan fingerprint density at radius 1 is 1.28 bits per heavy atom. The number of para-hydroxylation sites is 1. The van der Waals surface area contributed by atoms with Crippen LogP contribution < -0.4 is 5.32 Å². The topological polar surface area (TPSA) is 52.6 Å². The Balaban J connectivity index is 1.96. The quantitative estimate of drug-likeness (QED) is 0.844. The van der Waals surface area contributed by atoms with E-state index in [9.17, 15) is 9.90 Å². The first kappa shape index (κ1) is 12.9. The summed E-state index contributed by atoms with van der Waals surface area (Å²) in [5, 5.41) is 12.8. The maximum Gasteiger partial charge on any atom is 0.321 e. The minimum Gasteiger partial charge on any atom is -0.391 e. The Hall–Kier alpha value is -1.55. The van der Waals surface area contributed by atoms with Gasteiger partial charge in [0.15, 0.2) is 0 Å². The van der Waals surface area contributed by atoms with Crippen LogP contribution in [-0.2, 0) is 0 Å². The zero-order valence-corrected chi connectivity index (χ0v) is 10.7. The van der Waals surface area contributed by atoms with Gasteiger partial charge in [-0.3, -0.25) is 0 Å². The highest BCUT2D eigenvalue weighted by Gasteiger charge is 2.29. The van der Waals surface area contributed by atoms with Crippen LogP contribution in [0.5, 0.6) is 0 Å². The Morgan fingerprint density at radius 2 is 1.94 bits per heavy atom. The number of aliphatic hydroxyl groups is 1. The van der Waals surface area contributed by atoms with Crippen molar-refractivity contribution in [3.63, 3.8) is 0 Å². The molecular formula is C14H20N2O2. The molecule has 4 nitrogen and oxygen atoms in total. The molecule has 2 rings (SSSR count). The number of amides is 2. The Labute approximate surface area is 108 Å². The third-order valence-corrected chi connectivity index (χ3v) is 3.54. The highest BCUT2D eigenvalue weighted by molar-refractivity contribution is 5.89. The van der Waals surface area contributed by atoms with E-state index in [0.29, 0.717) is 0 Å². The molecule has 0 aliphatic heterocycles. The largest absolute Gasteiger partial charge is 0.391 e. The van der Waals surface area contributed by atoms with E-state index < -0.39 is 6.10 Å². The van der Waals surface area contributed by atoms with Crippen LogP contribution in [-0.4, -0.2) is 35.2 Å². The molecule has 0 bridgehead atoms. The normalized spacial score (nSPS) is 23.4. The van der Waals surface area contributed by atoms with Crippen molar-refractivity contribution >= 4 is 11.7 Å². The second kappa shape index (κ2) is 5.87. The van der Waals surface area contributed by atoms with Gasteiger partial charge in [0.2, 0.25) is 0 Å². The van der Waals surface area contributed by atoms with Gasteiger partial charge in [0.25, 0.3) is 0 Å². The summed E-state index contributed by atoms with van der Waals surface area (Å²) < 4.78 is 0. The van der Waals surface area contributed by atoms with Crippen molar-refractivity contribution in [1.29, 1.82) is 0 Å². The molecule has 2 amide bonds. The molecule has 2 N–H and O–H groups in total. The van der Waals surface area contributed by atoms with Crippen LogP contribution in [0.15, 0.2) is 30.3 Å². The van der Waals surface area contributed by atoms with E-state index in [0.717, 1.165) is 31.4 Å². The predicted molar refractivity (Wildman–Crippen MR) is 71.5 cm³/mol. The predicted octanol–water partition coefficient (Wildman–Crippen LogP) is 2.45. The third kappa shape index (κ3) is 3.01. The Morgan fingerprint density at radius 3 is 2.61 bits per heavy atom. The number of benzene rings is 1. The number of carbonyl (C=O) groups excluding carboxylic acids is 1. The van der Waals surface area contributed by atoms with Crippen molar-refractivity contribution < 1.29 is 9.90 Å². The van der Waals surface area contributed by atoms with Crippen molar-refractivity contribution in [2.45, 2.75) is 37.8 Å². The molecule has 98 valence electrons. The van der Waals surface area contributed by atoms with Crippen LogP contribution >= 0.6 is 0 Å². The van der Waals surface area contributed by atoms with Crippen LogP contribution in [0.3, 0.4) is 0 Å². The van der Waals surface area contributed by atoms with E-state index in [1.54, 1.807) is 11.9 Å². The fourth-order valence-electron chi connectivity index (χ4n) is 2.43. The lowest BCUT2D eigenvalue weighted by atomic mass is 9.92. The highest BCUT2D eigenvalue weighted by Crippen LogP contribution is 2.22. The van der Waals surface area contributed by atoms with E-state index in [1.807, 2.05) is 30.3 Å². The summed E-state index contributed by atoms with van der Waals surface area (Å²) in [6, 6.07) is 9.14. The number of likely N-dealkylation sites (N-methyl/N-ethyl adjacent to an activating group) is 1. The number of hydrogen-bond donors (Lipinski definition) is 2. The van der Waals surface area contributed by atoms with Gasteiger partial charge < -0.3 is 15.3 Å². The summed E-state index contributed by atoms with van der Waals surface area (Å²) in [6.45, 7) is 0. The first-order chi connectivity index (χ1) is 8.68. The van der Waals surface area contributed by atoms with Crippen molar-refractivity contribution in [3.8, 4) is 0 Å². The Kier molecular flexibility index (Phi) is 4.20. The first-order valence-electron chi connectivity index (χ1n) is 6.45. The van der Waals surface area contributed by atoms with Gasteiger partial charge in [0.1, 0.15) is 0 Å². The number of rotatable bonds is 2. The second-order valence-electron chi connectivity index (χ2n) is 4.83. The van der Waals surface area contributed by atoms with Crippen LogP contribution in [0.1, 0.15) is 25.7 Å². The number of carbonyl (C=O) groups is 1. The van der Waals surface area contributed by atoms with Crippen LogP contribution in [0.4, 0.5) is 10.5 Å². The number of urea groups is 1. The molecule has 1 aromatic carbocycles. The molecule has 0 aromatic heterocycles. The number of aliphatic hydroxyl groups excluding tert-OH is 1. The molecule has 1 aliphatic rings. The average Bonchev–Trinajstić information content (AvgIpc) is 2.39. The van der Waals surface area contributed by atoms with Gasteiger partial charge in [-0.15, -0.1) is 0 Å². The minimum absolute atomic E-state index is 0.0672. The summed E-state index contributed by atoms with van der Waals surface area (Å²) in [5.41, 5.74) is 0.777. The fraction of sp³-hybridized carbons (Fsp3) is 0.500. The molecule has 1 fully saturated rings. The van der Waals surface area contributed by atoms with Crippen LogP contribution in [0.25, 0.3) is 0 Å². The lowest BCUT2D eigenvalue weighted by molar-refractivity contribution is 0.0494. The number of nitrogens with one attached hydrogen (secondary N) is 1. The highest BCUT2D eigenvalue weighted by atomic mass is 16.3. The van der Waals surface area contributed by atoms with E-state index in [1.165, 1.54) is 0 Å². The van der Waals surface area contributed by atoms with Gasteiger partial charge in [-0.25, -0.2) is 4.79 Å². The summed E-state index contributed by atoms with van der Waals surface area (Å²) in [7, 11) is 1.75. The number of hydrogen-bond acceptors (Lipinski definition) is 2. The maximum atomic E-state index is 12.1. The minimum atomic E-state index is -0.398.